The topological polar surface area (TPSA) is 46.6 Å². The van der Waals surface area contributed by atoms with Crippen LogP contribution in [0.2, 0.25) is 0 Å². The summed E-state index contributed by atoms with van der Waals surface area (Å²) in [6.07, 6.45) is 0. The molecular formula is C14H23NO3S. The third kappa shape index (κ3) is 4.30. The minimum absolute atomic E-state index is 0.221. The van der Waals surface area contributed by atoms with Gasteiger partial charge in [-0.15, -0.1) is 0 Å². The molecule has 19 heavy (non-hydrogen) atoms. The predicted molar refractivity (Wildman–Crippen MR) is 76.7 cm³/mol. The highest BCUT2D eigenvalue weighted by Gasteiger charge is 2.27. The number of sulfonamides is 1. The molecule has 0 aliphatic carbocycles. The van der Waals surface area contributed by atoms with Gasteiger partial charge in [-0.05, 0) is 19.1 Å². The smallest absolute Gasteiger partial charge is 0.242 e. The lowest BCUT2D eigenvalue weighted by molar-refractivity contribution is 0.0929. The maximum atomic E-state index is 12.4. The van der Waals surface area contributed by atoms with Gasteiger partial charge in [0.25, 0.3) is 0 Å². The Hall–Kier alpha value is -0.910. The van der Waals surface area contributed by atoms with E-state index in [-0.39, 0.29) is 5.41 Å². The molecule has 0 atom stereocenters. The lowest BCUT2D eigenvalue weighted by Gasteiger charge is -2.29. The monoisotopic (exact) mass is 285 g/mol. The Morgan fingerprint density at radius 2 is 1.74 bits per heavy atom. The van der Waals surface area contributed by atoms with Gasteiger partial charge in [0.15, 0.2) is 0 Å². The highest BCUT2D eigenvalue weighted by atomic mass is 32.2. The van der Waals surface area contributed by atoms with Gasteiger partial charge >= 0.3 is 0 Å². The first-order valence-electron chi connectivity index (χ1n) is 6.21. The summed E-state index contributed by atoms with van der Waals surface area (Å²) in [6.45, 7) is 6.83. The Bertz CT molecular complexity index is 506. The van der Waals surface area contributed by atoms with E-state index in [1.165, 1.54) is 4.31 Å². The molecular weight excluding hydrogens is 262 g/mol. The number of hydrogen-bond acceptors (Lipinski definition) is 3. The molecule has 1 aromatic carbocycles. The fraction of sp³-hybridized carbons (Fsp3) is 0.571. The van der Waals surface area contributed by atoms with Crippen LogP contribution in [0.25, 0.3) is 0 Å². The first kappa shape index (κ1) is 16.1. The summed E-state index contributed by atoms with van der Waals surface area (Å²) in [5.74, 6) is 0. The molecule has 0 amide bonds. The average molecular weight is 285 g/mol. The molecule has 0 aliphatic heterocycles. The lowest BCUT2D eigenvalue weighted by Crippen LogP contribution is -2.38. The molecule has 0 saturated heterocycles. The van der Waals surface area contributed by atoms with Crippen LogP contribution in [0.1, 0.15) is 19.4 Å². The molecule has 1 rings (SSSR count). The summed E-state index contributed by atoms with van der Waals surface area (Å²) >= 11 is 0. The zero-order chi connectivity index (χ0) is 14.7. The first-order chi connectivity index (χ1) is 8.69. The second kappa shape index (κ2) is 6.03. The van der Waals surface area contributed by atoms with Gasteiger partial charge in [0, 0.05) is 26.1 Å². The maximum Gasteiger partial charge on any atom is 0.242 e. The Morgan fingerprint density at radius 3 is 2.21 bits per heavy atom. The van der Waals surface area contributed by atoms with Gasteiger partial charge in [-0.2, -0.15) is 0 Å². The third-order valence-corrected chi connectivity index (χ3v) is 4.73. The van der Waals surface area contributed by atoms with E-state index in [4.69, 9.17) is 4.74 Å². The highest BCUT2D eigenvalue weighted by molar-refractivity contribution is 7.89. The number of rotatable bonds is 6. The summed E-state index contributed by atoms with van der Waals surface area (Å²) in [7, 11) is -0.204. The van der Waals surface area contributed by atoms with Crippen LogP contribution in [-0.2, 0) is 14.8 Å². The SMILES string of the molecule is COCC(C)(C)CN(C)S(=O)(=O)c1ccc(C)cc1. The zero-order valence-electron chi connectivity index (χ0n) is 12.3. The van der Waals surface area contributed by atoms with E-state index < -0.39 is 10.0 Å². The summed E-state index contributed by atoms with van der Waals surface area (Å²) in [6, 6.07) is 6.90. The normalized spacial score (nSPS) is 12.9. The molecule has 0 bridgehead atoms. The van der Waals surface area contributed by atoms with Crippen LogP contribution in [0.5, 0.6) is 0 Å². The molecule has 0 unspecified atom stereocenters. The Labute approximate surface area is 116 Å². The van der Waals surface area contributed by atoms with Crippen molar-refractivity contribution in [3.05, 3.63) is 29.8 Å². The van der Waals surface area contributed by atoms with Gasteiger partial charge in [-0.1, -0.05) is 31.5 Å². The quantitative estimate of drug-likeness (QED) is 0.805. The Balaban J connectivity index is 2.91. The highest BCUT2D eigenvalue weighted by Crippen LogP contribution is 2.22. The van der Waals surface area contributed by atoms with Gasteiger partial charge in [0.05, 0.1) is 11.5 Å². The maximum absolute atomic E-state index is 12.4. The third-order valence-electron chi connectivity index (χ3n) is 2.91. The van der Waals surface area contributed by atoms with Crippen LogP contribution in [0.15, 0.2) is 29.2 Å². The summed E-state index contributed by atoms with van der Waals surface area (Å²) in [4.78, 5) is 0.328. The molecule has 0 heterocycles. The van der Waals surface area contributed by atoms with E-state index in [1.54, 1.807) is 38.4 Å². The van der Waals surface area contributed by atoms with Crippen molar-refractivity contribution in [1.29, 1.82) is 0 Å². The average Bonchev–Trinajstić information content (AvgIpc) is 2.28. The molecule has 0 radical (unpaired) electrons. The predicted octanol–water partition coefficient (Wildman–Crippen LogP) is 2.29. The molecule has 0 N–H and O–H groups in total. The number of ether oxygens (including phenoxy) is 1. The summed E-state index contributed by atoms with van der Waals surface area (Å²) in [5, 5.41) is 0. The number of hydrogen-bond donors (Lipinski definition) is 0. The fourth-order valence-electron chi connectivity index (χ4n) is 2.01. The first-order valence-corrected chi connectivity index (χ1v) is 7.65. The number of methoxy groups -OCH3 is 1. The molecule has 1 aromatic rings. The van der Waals surface area contributed by atoms with E-state index in [0.29, 0.717) is 18.0 Å². The second-order valence-electron chi connectivity index (χ2n) is 5.67. The van der Waals surface area contributed by atoms with Crippen molar-refractivity contribution in [3.63, 3.8) is 0 Å². The van der Waals surface area contributed by atoms with Gasteiger partial charge in [-0.25, -0.2) is 12.7 Å². The molecule has 0 aromatic heterocycles. The second-order valence-corrected chi connectivity index (χ2v) is 7.72. The van der Waals surface area contributed by atoms with Crippen LogP contribution < -0.4 is 0 Å². The molecule has 0 spiro atoms. The molecule has 4 nitrogen and oxygen atoms in total. The molecule has 0 saturated carbocycles. The summed E-state index contributed by atoms with van der Waals surface area (Å²) in [5.41, 5.74) is 0.822. The van der Waals surface area contributed by atoms with Crippen molar-refractivity contribution in [3.8, 4) is 0 Å². The van der Waals surface area contributed by atoms with Gasteiger partial charge in [-0.3, -0.25) is 0 Å². The van der Waals surface area contributed by atoms with Crippen molar-refractivity contribution in [1.82, 2.24) is 4.31 Å². The molecule has 108 valence electrons. The standard InChI is InChI=1S/C14H23NO3S/c1-12-6-8-13(9-7-12)19(16,17)15(4)10-14(2,3)11-18-5/h6-9H,10-11H2,1-5H3. The van der Waals surface area contributed by atoms with Crippen molar-refractivity contribution in [2.75, 3.05) is 27.3 Å². The van der Waals surface area contributed by atoms with E-state index in [1.807, 2.05) is 20.8 Å². The van der Waals surface area contributed by atoms with Crippen molar-refractivity contribution in [2.24, 2.45) is 5.41 Å². The Kier molecular flexibility index (Phi) is 5.12. The number of nitrogens with zero attached hydrogens (tertiary/aromatic N) is 1. The van der Waals surface area contributed by atoms with E-state index in [0.717, 1.165) is 5.56 Å². The van der Waals surface area contributed by atoms with Crippen LogP contribution in [-0.4, -0.2) is 40.0 Å². The van der Waals surface area contributed by atoms with Crippen molar-refractivity contribution < 1.29 is 13.2 Å². The number of aryl methyl sites for hydroxylation is 1. The number of benzene rings is 1. The van der Waals surface area contributed by atoms with Crippen molar-refractivity contribution in [2.45, 2.75) is 25.7 Å². The minimum Gasteiger partial charge on any atom is -0.384 e. The lowest BCUT2D eigenvalue weighted by atomic mass is 9.95. The van der Waals surface area contributed by atoms with Crippen molar-refractivity contribution >= 4 is 10.0 Å². The Morgan fingerprint density at radius 1 is 1.21 bits per heavy atom. The minimum atomic E-state index is -3.43. The molecule has 0 aliphatic rings. The van der Waals surface area contributed by atoms with Crippen LogP contribution >= 0.6 is 0 Å². The van der Waals surface area contributed by atoms with Crippen LogP contribution in [0, 0.1) is 12.3 Å². The van der Waals surface area contributed by atoms with Gasteiger partial charge < -0.3 is 4.74 Å². The van der Waals surface area contributed by atoms with E-state index in [9.17, 15) is 8.42 Å². The van der Waals surface area contributed by atoms with Crippen LogP contribution in [0.4, 0.5) is 0 Å². The van der Waals surface area contributed by atoms with Gasteiger partial charge in [0.1, 0.15) is 0 Å². The largest absolute Gasteiger partial charge is 0.384 e. The van der Waals surface area contributed by atoms with Crippen LogP contribution in [0.3, 0.4) is 0 Å². The van der Waals surface area contributed by atoms with E-state index >= 15 is 0 Å². The molecule has 5 heteroatoms. The zero-order valence-corrected chi connectivity index (χ0v) is 13.1. The van der Waals surface area contributed by atoms with Gasteiger partial charge in [0.2, 0.25) is 10.0 Å². The fourth-order valence-corrected chi connectivity index (χ4v) is 3.37. The van der Waals surface area contributed by atoms with E-state index in [2.05, 4.69) is 0 Å². The molecule has 0 fully saturated rings. The summed E-state index contributed by atoms with van der Waals surface area (Å²) < 4.78 is 31.3.